The van der Waals surface area contributed by atoms with E-state index in [2.05, 4.69) is 16.2 Å². The van der Waals surface area contributed by atoms with Gasteiger partial charge in [0, 0.05) is 11.8 Å². The molecule has 15 heavy (non-hydrogen) atoms. The summed E-state index contributed by atoms with van der Waals surface area (Å²) in [6.45, 7) is 5.31. The van der Waals surface area contributed by atoms with E-state index in [9.17, 15) is 9.59 Å². The quantitative estimate of drug-likeness (QED) is 0.556. The van der Waals surface area contributed by atoms with Crippen LogP contribution in [0.5, 0.6) is 0 Å². The minimum Gasteiger partial charge on any atom is -0.317 e. The zero-order valence-electron chi connectivity index (χ0n) is 9.30. The summed E-state index contributed by atoms with van der Waals surface area (Å²) in [7, 11) is 0. The van der Waals surface area contributed by atoms with Gasteiger partial charge in [-0.3, -0.25) is 20.4 Å². The maximum Gasteiger partial charge on any atom is 0.241 e. The monoisotopic (exact) mass is 213 g/mol. The Kier molecular flexibility index (Phi) is 4.55. The Labute approximate surface area is 90.0 Å². The normalized spacial score (nSPS) is 17.5. The van der Waals surface area contributed by atoms with Crippen molar-refractivity contribution in [3.05, 3.63) is 0 Å². The number of carbonyl (C=O) groups excluding carboxylic acids is 2. The van der Waals surface area contributed by atoms with Crippen molar-refractivity contribution in [1.29, 1.82) is 0 Å². The number of hydrazine groups is 1. The molecule has 1 aliphatic heterocycles. The number of carbonyl (C=O) groups is 2. The Morgan fingerprint density at radius 2 is 1.80 bits per heavy atom. The standard InChI is InChI=1S/C10H19N3O2/c1-7(2)9(14)12-13-10(15)8-3-5-11-6-4-8/h7-8,11H,3-6H2,1-2H3,(H,12,14)(H,13,15). The van der Waals surface area contributed by atoms with Gasteiger partial charge in [0.2, 0.25) is 11.8 Å². The number of nitrogens with one attached hydrogen (secondary N) is 3. The van der Waals surface area contributed by atoms with E-state index < -0.39 is 0 Å². The van der Waals surface area contributed by atoms with Crippen molar-refractivity contribution in [3.8, 4) is 0 Å². The molecule has 0 aromatic rings. The van der Waals surface area contributed by atoms with Gasteiger partial charge >= 0.3 is 0 Å². The average molecular weight is 213 g/mol. The van der Waals surface area contributed by atoms with E-state index in [1.165, 1.54) is 0 Å². The molecule has 1 heterocycles. The zero-order valence-corrected chi connectivity index (χ0v) is 9.30. The molecule has 0 saturated carbocycles. The Hall–Kier alpha value is -1.10. The van der Waals surface area contributed by atoms with E-state index >= 15 is 0 Å². The predicted octanol–water partition coefficient (Wildman–Crippen LogP) is -0.211. The molecule has 0 atom stereocenters. The van der Waals surface area contributed by atoms with Crippen LogP contribution in [0.25, 0.3) is 0 Å². The van der Waals surface area contributed by atoms with E-state index in [1.54, 1.807) is 13.8 Å². The molecule has 0 radical (unpaired) electrons. The van der Waals surface area contributed by atoms with Gasteiger partial charge in [-0.15, -0.1) is 0 Å². The Morgan fingerprint density at radius 1 is 1.20 bits per heavy atom. The highest BCUT2D eigenvalue weighted by Gasteiger charge is 2.21. The fourth-order valence-electron chi connectivity index (χ4n) is 1.45. The number of rotatable bonds is 2. The first kappa shape index (κ1) is 12.0. The molecule has 0 aromatic carbocycles. The van der Waals surface area contributed by atoms with Crippen LogP contribution in [-0.2, 0) is 9.59 Å². The van der Waals surface area contributed by atoms with E-state index in [0.717, 1.165) is 25.9 Å². The molecule has 1 rings (SSSR count). The molecule has 0 unspecified atom stereocenters. The minimum atomic E-state index is -0.155. The predicted molar refractivity (Wildman–Crippen MR) is 56.7 cm³/mol. The second kappa shape index (κ2) is 5.70. The maximum absolute atomic E-state index is 11.6. The number of piperidine rings is 1. The van der Waals surface area contributed by atoms with Crippen LogP contribution in [0, 0.1) is 11.8 Å². The average Bonchev–Trinajstić information content (AvgIpc) is 2.26. The van der Waals surface area contributed by atoms with E-state index in [-0.39, 0.29) is 23.7 Å². The van der Waals surface area contributed by atoms with Crippen molar-refractivity contribution in [2.24, 2.45) is 11.8 Å². The molecular formula is C10H19N3O2. The molecule has 1 fully saturated rings. The summed E-state index contributed by atoms with van der Waals surface area (Å²) in [5.74, 6) is -0.320. The first-order valence-corrected chi connectivity index (χ1v) is 5.41. The van der Waals surface area contributed by atoms with Crippen LogP contribution in [0.3, 0.4) is 0 Å². The maximum atomic E-state index is 11.6. The first-order valence-electron chi connectivity index (χ1n) is 5.41. The molecule has 0 aliphatic carbocycles. The largest absolute Gasteiger partial charge is 0.317 e. The van der Waals surface area contributed by atoms with Crippen molar-refractivity contribution in [2.75, 3.05) is 13.1 Å². The number of amides is 2. The number of hydrogen-bond acceptors (Lipinski definition) is 3. The molecule has 1 aliphatic rings. The van der Waals surface area contributed by atoms with Gasteiger partial charge in [-0.05, 0) is 25.9 Å². The van der Waals surface area contributed by atoms with Crippen molar-refractivity contribution in [2.45, 2.75) is 26.7 Å². The van der Waals surface area contributed by atoms with E-state index in [4.69, 9.17) is 0 Å². The van der Waals surface area contributed by atoms with Crippen molar-refractivity contribution >= 4 is 11.8 Å². The van der Waals surface area contributed by atoms with Crippen LogP contribution < -0.4 is 16.2 Å². The fourth-order valence-corrected chi connectivity index (χ4v) is 1.45. The summed E-state index contributed by atoms with van der Waals surface area (Å²) in [4.78, 5) is 22.8. The Balaban J connectivity index is 2.26. The van der Waals surface area contributed by atoms with Crippen LogP contribution in [0.4, 0.5) is 0 Å². The summed E-state index contributed by atoms with van der Waals surface area (Å²) >= 11 is 0. The van der Waals surface area contributed by atoms with Crippen LogP contribution >= 0.6 is 0 Å². The molecule has 5 nitrogen and oxygen atoms in total. The molecule has 5 heteroatoms. The summed E-state index contributed by atoms with van der Waals surface area (Å²) in [6, 6.07) is 0. The van der Waals surface area contributed by atoms with Crippen molar-refractivity contribution in [3.63, 3.8) is 0 Å². The van der Waals surface area contributed by atoms with Crippen molar-refractivity contribution in [1.82, 2.24) is 16.2 Å². The molecule has 3 N–H and O–H groups in total. The summed E-state index contributed by atoms with van der Waals surface area (Å²) in [6.07, 6.45) is 1.67. The van der Waals surface area contributed by atoms with Gasteiger partial charge < -0.3 is 5.32 Å². The summed E-state index contributed by atoms with van der Waals surface area (Å²) in [5, 5.41) is 3.19. The highest BCUT2D eigenvalue weighted by molar-refractivity contribution is 5.84. The topological polar surface area (TPSA) is 70.2 Å². The lowest BCUT2D eigenvalue weighted by molar-refractivity contribution is -0.133. The first-order chi connectivity index (χ1) is 7.11. The third-order valence-electron chi connectivity index (χ3n) is 2.54. The molecule has 0 aromatic heterocycles. The highest BCUT2D eigenvalue weighted by Crippen LogP contribution is 2.10. The highest BCUT2D eigenvalue weighted by atomic mass is 16.2. The Bertz CT molecular complexity index is 235. The van der Waals surface area contributed by atoms with Gasteiger partial charge in [-0.2, -0.15) is 0 Å². The number of hydrogen-bond donors (Lipinski definition) is 3. The third-order valence-corrected chi connectivity index (χ3v) is 2.54. The smallest absolute Gasteiger partial charge is 0.241 e. The van der Waals surface area contributed by atoms with Crippen LogP contribution in [0.15, 0.2) is 0 Å². The molecule has 0 spiro atoms. The lowest BCUT2D eigenvalue weighted by Gasteiger charge is -2.22. The Morgan fingerprint density at radius 3 is 2.33 bits per heavy atom. The van der Waals surface area contributed by atoms with Crippen LogP contribution in [0.2, 0.25) is 0 Å². The van der Waals surface area contributed by atoms with Crippen LogP contribution in [-0.4, -0.2) is 24.9 Å². The second-order valence-corrected chi connectivity index (χ2v) is 4.16. The van der Waals surface area contributed by atoms with Crippen molar-refractivity contribution < 1.29 is 9.59 Å². The van der Waals surface area contributed by atoms with Gasteiger partial charge in [-0.25, -0.2) is 0 Å². The molecule has 86 valence electrons. The molecule has 0 bridgehead atoms. The summed E-state index contributed by atoms with van der Waals surface area (Å²) < 4.78 is 0. The lowest BCUT2D eigenvalue weighted by Crippen LogP contribution is -2.47. The minimum absolute atomic E-state index is 0.0266. The van der Waals surface area contributed by atoms with Gasteiger partial charge in [0.1, 0.15) is 0 Å². The van der Waals surface area contributed by atoms with E-state index in [1.807, 2.05) is 0 Å². The van der Waals surface area contributed by atoms with Gasteiger partial charge in [0.15, 0.2) is 0 Å². The fraction of sp³-hybridized carbons (Fsp3) is 0.800. The third kappa shape index (κ3) is 3.87. The van der Waals surface area contributed by atoms with Gasteiger partial charge in [0.05, 0.1) is 0 Å². The SMILES string of the molecule is CC(C)C(=O)NNC(=O)C1CCNCC1. The van der Waals surface area contributed by atoms with Gasteiger partial charge in [0.25, 0.3) is 0 Å². The zero-order chi connectivity index (χ0) is 11.3. The van der Waals surface area contributed by atoms with Crippen LogP contribution in [0.1, 0.15) is 26.7 Å². The molecule has 2 amide bonds. The molecule has 1 saturated heterocycles. The lowest BCUT2D eigenvalue weighted by atomic mass is 9.98. The van der Waals surface area contributed by atoms with E-state index in [0.29, 0.717) is 0 Å². The summed E-state index contributed by atoms with van der Waals surface area (Å²) in [5.41, 5.74) is 4.89. The molecular weight excluding hydrogens is 194 g/mol. The van der Waals surface area contributed by atoms with Gasteiger partial charge in [-0.1, -0.05) is 13.8 Å². The second-order valence-electron chi connectivity index (χ2n) is 4.16.